The summed E-state index contributed by atoms with van der Waals surface area (Å²) in [5.41, 5.74) is 0.658. The fraction of sp³-hybridized carbons (Fsp3) is 0.417. The lowest BCUT2D eigenvalue weighted by Crippen LogP contribution is -2.53. The Balaban J connectivity index is 2.35. The minimum absolute atomic E-state index is 0.00906. The Labute approximate surface area is 222 Å². The van der Waals surface area contributed by atoms with Gasteiger partial charge in [0.25, 0.3) is 0 Å². The van der Waals surface area contributed by atoms with Gasteiger partial charge in [-0.2, -0.15) is 4.31 Å². The van der Waals surface area contributed by atoms with E-state index in [-0.39, 0.29) is 23.4 Å². The van der Waals surface area contributed by atoms with Crippen LogP contribution in [0.25, 0.3) is 0 Å². The molecule has 0 spiro atoms. The maximum atomic E-state index is 13.5. The van der Waals surface area contributed by atoms with Gasteiger partial charge in [0.1, 0.15) is 6.04 Å². The predicted molar refractivity (Wildman–Crippen MR) is 140 cm³/mol. The van der Waals surface area contributed by atoms with Gasteiger partial charge >= 0.3 is 0 Å². The summed E-state index contributed by atoms with van der Waals surface area (Å²) < 4.78 is 27.0. The van der Waals surface area contributed by atoms with Gasteiger partial charge in [-0.15, -0.1) is 0 Å². The predicted octanol–water partition coefficient (Wildman–Crippen LogP) is 4.99. The van der Waals surface area contributed by atoms with Crippen molar-refractivity contribution in [1.82, 2.24) is 14.5 Å². The zero-order chi connectivity index (χ0) is 26.3. The highest BCUT2D eigenvalue weighted by Crippen LogP contribution is 2.24. The number of rotatable bonds is 11. The molecule has 0 saturated carbocycles. The summed E-state index contributed by atoms with van der Waals surface area (Å²) in [6, 6.07) is 9.74. The smallest absolute Gasteiger partial charge is 0.243 e. The summed E-state index contributed by atoms with van der Waals surface area (Å²) in [6.07, 6.45) is 1.06. The monoisotopic (exact) mass is 561 g/mol. The molecule has 2 atom stereocenters. The van der Waals surface area contributed by atoms with Crippen LogP contribution in [0.4, 0.5) is 0 Å². The van der Waals surface area contributed by atoms with E-state index >= 15 is 0 Å². The topological polar surface area (TPSA) is 86.8 Å². The number of halogens is 3. The molecular formula is C24H30Cl3N3O4S. The van der Waals surface area contributed by atoms with Crippen molar-refractivity contribution in [2.75, 3.05) is 13.6 Å². The molecule has 0 aliphatic carbocycles. The van der Waals surface area contributed by atoms with Crippen LogP contribution < -0.4 is 5.32 Å². The average Bonchev–Trinajstić information content (AvgIpc) is 2.81. The third-order valence-corrected chi connectivity index (χ3v) is 8.41. The van der Waals surface area contributed by atoms with Crippen LogP contribution in [0.1, 0.15) is 39.2 Å². The number of carbonyl (C=O) groups is 2. The van der Waals surface area contributed by atoms with Gasteiger partial charge in [-0.1, -0.05) is 54.7 Å². The molecule has 2 aromatic rings. The lowest BCUT2D eigenvalue weighted by Gasteiger charge is -2.32. The van der Waals surface area contributed by atoms with E-state index in [1.165, 1.54) is 36.2 Å². The van der Waals surface area contributed by atoms with Crippen LogP contribution in [0, 0.1) is 0 Å². The van der Waals surface area contributed by atoms with E-state index in [1.807, 2.05) is 13.8 Å². The van der Waals surface area contributed by atoms with Gasteiger partial charge in [-0.25, -0.2) is 8.42 Å². The molecule has 0 aliphatic heterocycles. The molecule has 2 rings (SSSR count). The molecule has 35 heavy (non-hydrogen) atoms. The van der Waals surface area contributed by atoms with Gasteiger partial charge in [0.15, 0.2) is 0 Å². The highest BCUT2D eigenvalue weighted by Gasteiger charge is 2.32. The minimum Gasteiger partial charge on any atom is -0.352 e. The van der Waals surface area contributed by atoms with Crippen molar-refractivity contribution in [3.63, 3.8) is 0 Å². The molecule has 2 aromatic carbocycles. The van der Waals surface area contributed by atoms with Crippen LogP contribution in [0.2, 0.25) is 15.1 Å². The average molecular weight is 563 g/mol. The van der Waals surface area contributed by atoms with Crippen molar-refractivity contribution in [2.45, 2.75) is 57.1 Å². The van der Waals surface area contributed by atoms with Gasteiger partial charge in [0.05, 0.1) is 21.5 Å². The Hall–Kier alpha value is -1.84. The van der Waals surface area contributed by atoms with E-state index in [2.05, 4.69) is 5.32 Å². The standard InChI is InChI=1S/C24H30Cl3N3O4S/c1-5-16(3)28-24(32)22(6-2)30(14-17-7-12-20(26)21(27)13-17)23(31)15-29(4)35(33,34)19-10-8-18(25)9-11-19/h7-13,16,22H,5-6,14-15H2,1-4H3,(H,28,32)/t16-,22+/m0/s1. The van der Waals surface area contributed by atoms with Crippen molar-refractivity contribution >= 4 is 56.6 Å². The number of amides is 2. The maximum absolute atomic E-state index is 13.5. The van der Waals surface area contributed by atoms with E-state index < -0.39 is 28.5 Å². The second-order valence-electron chi connectivity index (χ2n) is 8.23. The molecule has 7 nitrogen and oxygen atoms in total. The van der Waals surface area contributed by atoms with Crippen LogP contribution >= 0.6 is 34.8 Å². The number of benzene rings is 2. The minimum atomic E-state index is -3.96. The zero-order valence-electron chi connectivity index (χ0n) is 20.1. The molecule has 0 fully saturated rings. The van der Waals surface area contributed by atoms with E-state index in [0.717, 1.165) is 10.7 Å². The van der Waals surface area contributed by atoms with Gasteiger partial charge in [-0.05, 0) is 61.7 Å². The molecule has 0 unspecified atom stereocenters. The number of hydrogen-bond donors (Lipinski definition) is 1. The molecule has 0 radical (unpaired) electrons. The second-order valence-corrected chi connectivity index (χ2v) is 11.5. The molecular weight excluding hydrogens is 533 g/mol. The summed E-state index contributed by atoms with van der Waals surface area (Å²) >= 11 is 18.0. The Kier molecular flexibility index (Phi) is 10.9. The Morgan fingerprint density at radius 2 is 1.60 bits per heavy atom. The van der Waals surface area contributed by atoms with Gasteiger partial charge in [-0.3, -0.25) is 9.59 Å². The van der Waals surface area contributed by atoms with Crippen LogP contribution in [0.15, 0.2) is 47.4 Å². The molecule has 2 amide bonds. The second kappa shape index (κ2) is 12.9. The number of nitrogens with one attached hydrogen (secondary N) is 1. The summed E-state index contributed by atoms with van der Waals surface area (Å²) in [6.45, 7) is 5.21. The van der Waals surface area contributed by atoms with Crippen molar-refractivity contribution in [1.29, 1.82) is 0 Å². The van der Waals surface area contributed by atoms with E-state index in [0.29, 0.717) is 27.1 Å². The molecule has 0 heterocycles. The molecule has 0 saturated heterocycles. The fourth-order valence-electron chi connectivity index (χ4n) is 3.35. The summed E-state index contributed by atoms with van der Waals surface area (Å²) in [5.74, 6) is -0.833. The Bertz CT molecular complexity index is 1140. The first-order valence-electron chi connectivity index (χ1n) is 11.2. The maximum Gasteiger partial charge on any atom is 0.243 e. The Morgan fingerprint density at radius 3 is 2.14 bits per heavy atom. The fourth-order valence-corrected chi connectivity index (χ4v) is 4.92. The van der Waals surface area contributed by atoms with Crippen molar-refractivity contribution < 1.29 is 18.0 Å². The first kappa shape index (κ1) is 29.4. The zero-order valence-corrected chi connectivity index (χ0v) is 23.2. The number of hydrogen-bond acceptors (Lipinski definition) is 4. The number of likely N-dealkylation sites (N-methyl/N-ethyl adjacent to an activating group) is 1. The van der Waals surface area contributed by atoms with Crippen LogP contribution in [0.5, 0.6) is 0 Å². The highest BCUT2D eigenvalue weighted by atomic mass is 35.5. The molecule has 1 N–H and O–H groups in total. The van der Waals surface area contributed by atoms with E-state index in [1.54, 1.807) is 25.1 Å². The normalized spacial score (nSPS) is 13.4. The highest BCUT2D eigenvalue weighted by molar-refractivity contribution is 7.89. The van der Waals surface area contributed by atoms with Gasteiger partial charge in [0.2, 0.25) is 21.8 Å². The molecule has 0 aromatic heterocycles. The number of carbonyl (C=O) groups excluding carboxylic acids is 2. The summed E-state index contributed by atoms with van der Waals surface area (Å²) in [5, 5.41) is 3.99. The first-order valence-corrected chi connectivity index (χ1v) is 13.7. The number of nitrogens with zero attached hydrogens (tertiary/aromatic N) is 2. The van der Waals surface area contributed by atoms with Gasteiger partial charge in [0, 0.05) is 24.7 Å². The molecule has 11 heteroatoms. The van der Waals surface area contributed by atoms with Crippen LogP contribution in [0.3, 0.4) is 0 Å². The lowest BCUT2D eigenvalue weighted by molar-refractivity contribution is -0.141. The quantitative estimate of drug-likeness (QED) is 0.418. The Morgan fingerprint density at radius 1 is 0.971 bits per heavy atom. The van der Waals surface area contributed by atoms with Crippen molar-refractivity contribution in [3.8, 4) is 0 Å². The van der Waals surface area contributed by atoms with Gasteiger partial charge < -0.3 is 10.2 Å². The summed E-state index contributed by atoms with van der Waals surface area (Å²) in [4.78, 5) is 27.9. The SMILES string of the molecule is CC[C@H](C(=O)N[C@@H](C)CC)N(Cc1ccc(Cl)c(Cl)c1)C(=O)CN(C)S(=O)(=O)c1ccc(Cl)cc1. The van der Waals surface area contributed by atoms with Crippen molar-refractivity contribution in [2.24, 2.45) is 0 Å². The van der Waals surface area contributed by atoms with Crippen molar-refractivity contribution in [3.05, 3.63) is 63.1 Å². The van der Waals surface area contributed by atoms with Crippen LogP contribution in [-0.4, -0.2) is 55.1 Å². The first-order chi connectivity index (χ1) is 16.4. The largest absolute Gasteiger partial charge is 0.352 e. The number of sulfonamides is 1. The summed E-state index contributed by atoms with van der Waals surface area (Å²) in [7, 11) is -2.64. The molecule has 0 bridgehead atoms. The lowest BCUT2D eigenvalue weighted by atomic mass is 10.1. The third-order valence-electron chi connectivity index (χ3n) is 5.60. The third kappa shape index (κ3) is 7.82. The van der Waals surface area contributed by atoms with E-state index in [4.69, 9.17) is 34.8 Å². The molecule has 0 aliphatic rings. The molecule has 192 valence electrons. The van der Waals surface area contributed by atoms with E-state index in [9.17, 15) is 18.0 Å². The van der Waals surface area contributed by atoms with Crippen LogP contribution in [-0.2, 0) is 26.2 Å².